The van der Waals surface area contributed by atoms with Crippen molar-refractivity contribution in [3.05, 3.63) is 222 Å². The van der Waals surface area contributed by atoms with Crippen LogP contribution in [0.1, 0.15) is 28.2 Å². The van der Waals surface area contributed by atoms with Crippen LogP contribution in [0.25, 0.3) is 82.0 Å². The molecular formula is C56H36O. The van der Waals surface area contributed by atoms with Crippen molar-refractivity contribution in [2.45, 2.75) is 12.3 Å². The average Bonchev–Trinajstić information content (AvgIpc) is 3.28. The van der Waals surface area contributed by atoms with E-state index in [2.05, 4.69) is 200 Å². The third kappa shape index (κ3) is 5.09. The summed E-state index contributed by atoms with van der Waals surface area (Å²) in [5.74, 6) is 1.83. The van der Waals surface area contributed by atoms with Crippen LogP contribution in [0, 0.1) is 0 Å². The summed E-state index contributed by atoms with van der Waals surface area (Å²) in [4.78, 5) is 0. The quantitative estimate of drug-likeness (QED) is 0.155. The molecule has 1 unspecified atom stereocenters. The molecule has 0 N–H and O–H groups in total. The first-order chi connectivity index (χ1) is 28.2. The van der Waals surface area contributed by atoms with E-state index in [0.29, 0.717) is 0 Å². The molecule has 1 nitrogen and oxygen atoms in total. The van der Waals surface area contributed by atoms with Gasteiger partial charge in [-0.1, -0.05) is 176 Å². The van der Waals surface area contributed by atoms with Crippen LogP contribution in [0.15, 0.2) is 200 Å². The molecule has 0 heterocycles. The summed E-state index contributed by atoms with van der Waals surface area (Å²) in [5.41, 5.74) is 14.3. The molecule has 266 valence electrons. The molecule has 0 aliphatic heterocycles. The highest BCUT2D eigenvalue weighted by atomic mass is 16.5. The van der Waals surface area contributed by atoms with Crippen LogP contribution in [0.5, 0.6) is 11.5 Å². The van der Waals surface area contributed by atoms with E-state index in [1.54, 1.807) is 0 Å². The Kier molecular flexibility index (Phi) is 7.12. The van der Waals surface area contributed by atoms with Gasteiger partial charge in [-0.15, -0.1) is 0 Å². The first-order valence-corrected chi connectivity index (χ1v) is 19.9. The van der Waals surface area contributed by atoms with E-state index in [4.69, 9.17) is 4.74 Å². The smallest absolute Gasteiger partial charge is 0.127 e. The van der Waals surface area contributed by atoms with Gasteiger partial charge in [0, 0.05) is 5.92 Å². The molecule has 0 amide bonds. The van der Waals surface area contributed by atoms with Crippen LogP contribution in [0.4, 0.5) is 0 Å². The molecule has 0 fully saturated rings. The number of hydrogen-bond acceptors (Lipinski definition) is 1. The highest BCUT2D eigenvalue weighted by Crippen LogP contribution is 2.47. The van der Waals surface area contributed by atoms with Crippen molar-refractivity contribution in [2.75, 3.05) is 0 Å². The van der Waals surface area contributed by atoms with Crippen molar-refractivity contribution in [3.8, 4) is 44.9 Å². The fourth-order valence-electron chi connectivity index (χ4n) is 9.74. The molecule has 0 radical (unpaired) electrons. The van der Waals surface area contributed by atoms with Gasteiger partial charge in [0.1, 0.15) is 11.5 Å². The zero-order valence-corrected chi connectivity index (χ0v) is 31.2. The molecule has 0 spiro atoms. The fraction of sp³-hybridized carbons (Fsp3) is 0.0357. The predicted molar refractivity (Wildman–Crippen MR) is 240 cm³/mol. The van der Waals surface area contributed by atoms with Crippen molar-refractivity contribution < 1.29 is 4.74 Å². The standard InChI is InChI=1S/C56H36O/c1-3-7-35(8-4-1)45-27-15-39-21-33-51-47(29-17-41-19-31-49(45)53(39)55(41)51)37-11-23-43(24-12-37)57-44-25-13-38(14-26-44)48-30-18-42-20-32-50-46(36-9-5-2-6-10-36)28-16-40-22-34-52(48)56(42)54(40)50/h1-31,33-34,48H,32H2. The largest absolute Gasteiger partial charge is 0.457 e. The topological polar surface area (TPSA) is 9.23 Å². The molecule has 10 aromatic rings. The van der Waals surface area contributed by atoms with Crippen molar-refractivity contribution in [1.29, 1.82) is 0 Å². The van der Waals surface area contributed by atoms with Gasteiger partial charge >= 0.3 is 0 Å². The minimum Gasteiger partial charge on any atom is -0.457 e. The summed E-state index contributed by atoms with van der Waals surface area (Å²) < 4.78 is 6.44. The van der Waals surface area contributed by atoms with Crippen LogP contribution >= 0.6 is 0 Å². The zero-order chi connectivity index (χ0) is 37.5. The number of rotatable bonds is 6. The van der Waals surface area contributed by atoms with E-state index in [-0.39, 0.29) is 5.92 Å². The number of ether oxygens (including phenoxy) is 1. The molecule has 2 aliphatic rings. The molecule has 12 rings (SSSR count). The molecule has 0 saturated carbocycles. The Balaban J connectivity index is 0.839. The third-order valence-electron chi connectivity index (χ3n) is 12.4. The number of allylic oxidation sites excluding steroid dienone is 4. The van der Waals surface area contributed by atoms with Crippen LogP contribution in [-0.2, 0) is 6.42 Å². The lowest BCUT2D eigenvalue weighted by Gasteiger charge is -2.29. The Hall–Kier alpha value is -7.22. The normalized spacial score (nSPS) is 14.5. The van der Waals surface area contributed by atoms with Crippen LogP contribution < -0.4 is 4.74 Å². The first-order valence-electron chi connectivity index (χ1n) is 19.9. The van der Waals surface area contributed by atoms with E-state index < -0.39 is 0 Å². The van der Waals surface area contributed by atoms with E-state index in [1.807, 2.05) is 0 Å². The molecule has 0 aromatic heterocycles. The monoisotopic (exact) mass is 724 g/mol. The van der Waals surface area contributed by atoms with Gasteiger partial charge in [-0.2, -0.15) is 0 Å². The molecule has 1 atom stereocenters. The maximum absolute atomic E-state index is 6.44. The Bertz CT molecular complexity index is 3240. The van der Waals surface area contributed by atoms with Gasteiger partial charge < -0.3 is 4.74 Å². The summed E-state index contributed by atoms with van der Waals surface area (Å²) in [5, 5.41) is 10.5. The second-order valence-electron chi connectivity index (χ2n) is 15.5. The van der Waals surface area contributed by atoms with Crippen LogP contribution in [-0.4, -0.2) is 0 Å². The van der Waals surface area contributed by atoms with Crippen molar-refractivity contribution >= 4 is 48.7 Å². The van der Waals surface area contributed by atoms with Crippen molar-refractivity contribution in [2.24, 2.45) is 0 Å². The van der Waals surface area contributed by atoms with Crippen molar-refractivity contribution in [3.63, 3.8) is 0 Å². The van der Waals surface area contributed by atoms with Crippen LogP contribution in [0.3, 0.4) is 0 Å². The fourth-order valence-corrected chi connectivity index (χ4v) is 9.74. The highest BCUT2D eigenvalue weighted by Gasteiger charge is 2.27. The molecule has 1 heteroatoms. The summed E-state index contributed by atoms with van der Waals surface area (Å²) >= 11 is 0. The van der Waals surface area contributed by atoms with E-state index >= 15 is 0 Å². The second-order valence-corrected chi connectivity index (χ2v) is 15.5. The van der Waals surface area contributed by atoms with Gasteiger partial charge in [-0.25, -0.2) is 0 Å². The lowest BCUT2D eigenvalue weighted by Crippen LogP contribution is -2.10. The number of hydrogen-bond donors (Lipinski definition) is 0. The third-order valence-corrected chi connectivity index (χ3v) is 12.4. The first kappa shape index (κ1) is 32.1. The van der Waals surface area contributed by atoms with Gasteiger partial charge in [-0.3, -0.25) is 0 Å². The molecule has 0 saturated heterocycles. The second kappa shape index (κ2) is 12.7. The summed E-state index contributed by atoms with van der Waals surface area (Å²) in [6, 6.07) is 66.2. The molecule has 57 heavy (non-hydrogen) atoms. The highest BCUT2D eigenvalue weighted by molar-refractivity contribution is 6.27. The van der Waals surface area contributed by atoms with Gasteiger partial charge in [0.25, 0.3) is 0 Å². The van der Waals surface area contributed by atoms with Gasteiger partial charge in [0.15, 0.2) is 0 Å². The maximum Gasteiger partial charge on any atom is 0.127 e. The predicted octanol–water partition coefficient (Wildman–Crippen LogP) is 15.2. The maximum atomic E-state index is 6.44. The molecule has 2 aliphatic carbocycles. The Morgan fingerprint density at radius 2 is 0.930 bits per heavy atom. The number of benzene rings is 10. The molecule has 0 bridgehead atoms. The van der Waals surface area contributed by atoms with Gasteiger partial charge in [0.05, 0.1) is 0 Å². The van der Waals surface area contributed by atoms with Crippen LogP contribution in [0.2, 0.25) is 0 Å². The summed E-state index contributed by atoms with van der Waals surface area (Å²) in [6.07, 6.45) is 8.05. The molecule has 10 aromatic carbocycles. The minimum absolute atomic E-state index is 0.177. The van der Waals surface area contributed by atoms with Gasteiger partial charge in [0.2, 0.25) is 0 Å². The average molecular weight is 725 g/mol. The molecular weight excluding hydrogens is 689 g/mol. The lowest BCUT2D eigenvalue weighted by atomic mass is 9.75. The summed E-state index contributed by atoms with van der Waals surface area (Å²) in [6.45, 7) is 0. The SMILES string of the molecule is C1=CC(c2ccc(Oc3ccc(-c4ccc5ccc6c(-c7ccccc7)ccc7ccc4c5c76)cc3)cc2)c2ccc3ccc(-c4ccccc4)c4c3c2C1=CC4. The minimum atomic E-state index is 0.177. The zero-order valence-electron chi connectivity index (χ0n) is 31.2. The van der Waals surface area contributed by atoms with E-state index in [1.165, 1.54) is 104 Å². The Morgan fingerprint density at radius 1 is 0.421 bits per heavy atom. The van der Waals surface area contributed by atoms with E-state index in [0.717, 1.165) is 17.9 Å². The van der Waals surface area contributed by atoms with Gasteiger partial charge in [-0.05, 0) is 135 Å². The van der Waals surface area contributed by atoms with Crippen molar-refractivity contribution in [1.82, 2.24) is 0 Å². The van der Waals surface area contributed by atoms with E-state index in [9.17, 15) is 0 Å². The Morgan fingerprint density at radius 3 is 1.56 bits per heavy atom. The summed E-state index contributed by atoms with van der Waals surface area (Å²) in [7, 11) is 0. The lowest BCUT2D eigenvalue weighted by molar-refractivity contribution is 0.482. The Labute approximate surface area is 331 Å².